The average molecular weight is 211 g/mol. The molecule has 1 rings (SSSR count). The molecule has 15 heavy (non-hydrogen) atoms. The third-order valence-corrected chi connectivity index (χ3v) is 3.14. The molecule has 1 fully saturated rings. The Bertz CT molecular complexity index is 260. The Morgan fingerprint density at radius 2 is 2.20 bits per heavy atom. The Hall–Kier alpha value is -0.830. The molecule has 2 unspecified atom stereocenters. The van der Waals surface area contributed by atoms with Gasteiger partial charge in [-0.2, -0.15) is 0 Å². The minimum absolute atomic E-state index is 0.529. The number of likely N-dealkylation sites (tertiary alicyclic amines) is 1. The van der Waals surface area contributed by atoms with Crippen molar-refractivity contribution in [2.45, 2.75) is 39.7 Å². The summed E-state index contributed by atoms with van der Waals surface area (Å²) in [5.41, 5.74) is 0.529. The van der Waals surface area contributed by atoms with Crippen LogP contribution in [0.4, 0.5) is 0 Å². The highest BCUT2D eigenvalue weighted by Gasteiger charge is 2.24. The van der Waals surface area contributed by atoms with E-state index in [0.717, 1.165) is 19.0 Å². The molecule has 1 N–H and O–H groups in total. The number of hydrogen-bond donors (Lipinski definition) is 1. The van der Waals surface area contributed by atoms with Crippen LogP contribution in [-0.2, 0) is 4.79 Å². The molecule has 0 aromatic heterocycles. The molecule has 3 heteroatoms. The highest BCUT2D eigenvalue weighted by molar-refractivity contribution is 5.86. The van der Waals surface area contributed by atoms with E-state index in [4.69, 9.17) is 5.11 Å². The van der Waals surface area contributed by atoms with E-state index < -0.39 is 5.97 Å². The second kappa shape index (κ2) is 5.31. The van der Waals surface area contributed by atoms with Crippen LogP contribution in [0.2, 0.25) is 0 Å². The first-order valence-corrected chi connectivity index (χ1v) is 5.71. The third-order valence-electron chi connectivity index (χ3n) is 3.14. The number of carbonyl (C=O) groups is 1. The highest BCUT2D eigenvalue weighted by Crippen LogP contribution is 2.22. The first-order valence-electron chi connectivity index (χ1n) is 5.71. The second-order valence-electron chi connectivity index (χ2n) is 4.53. The van der Waals surface area contributed by atoms with Gasteiger partial charge in [0, 0.05) is 24.7 Å². The molecule has 0 radical (unpaired) electrons. The topological polar surface area (TPSA) is 40.5 Å². The van der Waals surface area contributed by atoms with Crippen molar-refractivity contribution in [2.24, 2.45) is 5.92 Å². The zero-order valence-electron chi connectivity index (χ0n) is 9.86. The Morgan fingerprint density at radius 3 is 2.60 bits per heavy atom. The number of carboxylic acids is 1. The molecule has 0 aliphatic carbocycles. The Morgan fingerprint density at radius 1 is 1.53 bits per heavy atom. The molecule has 2 atom stereocenters. The van der Waals surface area contributed by atoms with E-state index >= 15 is 0 Å². The Kier molecular flexibility index (Phi) is 4.33. The molecule has 0 saturated carbocycles. The summed E-state index contributed by atoms with van der Waals surface area (Å²) in [5, 5.41) is 8.88. The fourth-order valence-electron chi connectivity index (χ4n) is 2.25. The van der Waals surface area contributed by atoms with Crippen molar-refractivity contribution in [1.82, 2.24) is 4.90 Å². The Labute approximate surface area is 91.8 Å². The number of aliphatic carboxylic acids is 1. The molecule has 1 saturated heterocycles. The monoisotopic (exact) mass is 211 g/mol. The molecule has 1 aliphatic rings. The normalized spacial score (nSPS) is 28.3. The van der Waals surface area contributed by atoms with E-state index in [2.05, 4.69) is 18.7 Å². The number of nitrogens with zero attached hydrogens (tertiary/aromatic N) is 1. The third kappa shape index (κ3) is 3.34. The molecular formula is C12H21NO2. The predicted molar refractivity (Wildman–Crippen MR) is 60.8 cm³/mol. The molecule has 86 valence electrons. The zero-order valence-corrected chi connectivity index (χ0v) is 9.86. The predicted octanol–water partition coefficient (Wildman–Crippen LogP) is 2.14. The SMILES string of the molecule is CCC(=CCN1CC(C)CC1C)C(=O)O. The highest BCUT2D eigenvalue weighted by atomic mass is 16.4. The van der Waals surface area contributed by atoms with Crippen LogP contribution in [-0.4, -0.2) is 35.1 Å². The maximum Gasteiger partial charge on any atom is 0.331 e. The fourth-order valence-corrected chi connectivity index (χ4v) is 2.25. The largest absolute Gasteiger partial charge is 0.478 e. The van der Waals surface area contributed by atoms with E-state index in [1.807, 2.05) is 13.0 Å². The van der Waals surface area contributed by atoms with E-state index in [1.54, 1.807) is 0 Å². The quantitative estimate of drug-likeness (QED) is 0.724. The standard InChI is InChI=1S/C12H21NO2/c1-4-11(12(14)15)5-6-13-8-9(2)7-10(13)3/h5,9-10H,4,6-8H2,1-3H3,(H,14,15). The summed E-state index contributed by atoms with van der Waals surface area (Å²) in [6, 6.07) is 0.586. The molecule has 0 spiro atoms. The van der Waals surface area contributed by atoms with Gasteiger partial charge in [0.25, 0.3) is 0 Å². The van der Waals surface area contributed by atoms with Gasteiger partial charge >= 0.3 is 5.97 Å². The number of hydrogen-bond acceptors (Lipinski definition) is 2. The zero-order chi connectivity index (χ0) is 11.4. The van der Waals surface area contributed by atoms with Gasteiger partial charge in [-0.3, -0.25) is 4.90 Å². The van der Waals surface area contributed by atoms with Crippen LogP contribution < -0.4 is 0 Å². The maximum absolute atomic E-state index is 10.8. The van der Waals surface area contributed by atoms with Crippen LogP contribution in [0.25, 0.3) is 0 Å². The van der Waals surface area contributed by atoms with Gasteiger partial charge in [0.05, 0.1) is 0 Å². The summed E-state index contributed by atoms with van der Waals surface area (Å²) >= 11 is 0. The lowest BCUT2D eigenvalue weighted by Gasteiger charge is -2.19. The van der Waals surface area contributed by atoms with Gasteiger partial charge in [0.2, 0.25) is 0 Å². The lowest BCUT2D eigenvalue weighted by molar-refractivity contribution is -0.132. The van der Waals surface area contributed by atoms with E-state index in [-0.39, 0.29) is 0 Å². The summed E-state index contributed by atoms with van der Waals surface area (Å²) < 4.78 is 0. The fraction of sp³-hybridized carbons (Fsp3) is 0.750. The number of carboxylic acid groups (broad SMARTS) is 1. The van der Waals surface area contributed by atoms with Crippen LogP contribution in [0.5, 0.6) is 0 Å². The van der Waals surface area contributed by atoms with Crippen molar-refractivity contribution in [2.75, 3.05) is 13.1 Å². The smallest absolute Gasteiger partial charge is 0.331 e. The summed E-state index contributed by atoms with van der Waals surface area (Å²) in [7, 11) is 0. The first kappa shape index (κ1) is 12.2. The molecule has 1 heterocycles. The van der Waals surface area contributed by atoms with Crippen LogP contribution in [0.1, 0.15) is 33.6 Å². The van der Waals surface area contributed by atoms with Gasteiger partial charge in [-0.05, 0) is 25.7 Å². The molecule has 1 aliphatic heterocycles. The lowest BCUT2D eigenvalue weighted by Crippen LogP contribution is -2.27. The average Bonchev–Trinajstić information content (AvgIpc) is 2.45. The minimum atomic E-state index is -0.780. The molecule has 0 aromatic rings. The van der Waals surface area contributed by atoms with Crippen molar-refractivity contribution in [3.8, 4) is 0 Å². The van der Waals surface area contributed by atoms with Crippen LogP contribution in [0, 0.1) is 5.92 Å². The molecule has 0 aromatic carbocycles. The van der Waals surface area contributed by atoms with Crippen molar-refractivity contribution in [3.63, 3.8) is 0 Å². The van der Waals surface area contributed by atoms with Gasteiger partial charge in [-0.25, -0.2) is 4.79 Å². The van der Waals surface area contributed by atoms with Gasteiger partial charge in [0.1, 0.15) is 0 Å². The van der Waals surface area contributed by atoms with Gasteiger partial charge in [0.15, 0.2) is 0 Å². The van der Waals surface area contributed by atoms with E-state index in [0.29, 0.717) is 18.0 Å². The summed E-state index contributed by atoms with van der Waals surface area (Å²) in [6.45, 7) is 8.22. The van der Waals surface area contributed by atoms with Gasteiger partial charge in [-0.15, -0.1) is 0 Å². The molecule has 0 amide bonds. The minimum Gasteiger partial charge on any atom is -0.478 e. The summed E-state index contributed by atoms with van der Waals surface area (Å²) in [4.78, 5) is 13.1. The Balaban J connectivity index is 2.51. The van der Waals surface area contributed by atoms with Crippen LogP contribution in [0.15, 0.2) is 11.6 Å². The molecular weight excluding hydrogens is 190 g/mol. The van der Waals surface area contributed by atoms with Crippen LogP contribution in [0.3, 0.4) is 0 Å². The van der Waals surface area contributed by atoms with Crippen molar-refractivity contribution >= 4 is 5.97 Å². The van der Waals surface area contributed by atoms with Crippen molar-refractivity contribution in [3.05, 3.63) is 11.6 Å². The lowest BCUT2D eigenvalue weighted by atomic mass is 10.1. The molecule has 3 nitrogen and oxygen atoms in total. The van der Waals surface area contributed by atoms with Crippen LogP contribution >= 0.6 is 0 Å². The summed E-state index contributed by atoms with van der Waals surface area (Å²) in [6.07, 6.45) is 3.69. The first-order chi connectivity index (χ1) is 7.04. The van der Waals surface area contributed by atoms with Gasteiger partial charge in [-0.1, -0.05) is 19.9 Å². The van der Waals surface area contributed by atoms with E-state index in [1.165, 1.54) is 6.42 Å². The number of rotatable bonds is 4. The van der Waals surface area contributed by atoms with Gasteiger partial charge < -0.3 is 5.11 Å². The molecule has 0 bridgehead atoms. The maximum atomic E-state index is 10.8. The second-order valence-corrected chi connectivity index (χ2v) is 4.53. The van der Waals surface area contributed by atoms with E-state index in [9.17, 15) is 4.79 Å². The van der Waals surface area contributed by atoms with Crippen molar-refractivity contribution in [1.29, 1.82) is 0 Å². The summed E-state index contributed by atoms with van der Waals surface area (Å²) in [5.74, 6) is -0.0410. The van der Waals surface area contributed by atoms with Crippen molar-refractivity contribution < 1.29 is 9.90 Å².